The number of anilines is 1. The molecular formula is C6H6BrFN2. The van der Waals surface area contributed by atoms with Gasteiger partial charge in [-0.25, -0.2) is 4.39 Å². The van der Waals surface area contributed by atoms with E-state index in [0.717, 1.165) is 5.69 Å². The van der Waals surface area contributed by atoms with E-state index in [1.54, 1.807) is 12.1 Å². The summed E-state index contributed by atoms with van der Waals surface area (Å²) >= 11 is 2.95. The smallest absolute Gasteiger partial charge is 0.123 e. The normalized spacial score (nSPS) is 9.40. The molecule has 54 valence electrons. The Labute approximate surface area is 66.7 Å². The van der Waals surface area contributed by atoms with Crippen LogP contribution in [-0.4, -0.2) is 0 Å². The van der Waals surface area contributed by atoms with Gasteiger partial charge >= 0.3 is 0 Å². The molecule has 0 aliphatic rings. The maximum Gasteiger partial charge on any atom is 0.123 e. The van der Waals surface area contributed by atoms with E-state index in [-0.39, 0.29) is 5.82 Å². The third-order valence-electron chi connectivity index (χ3n) is 1.04. The summed E-state index contributed by atoms with van der Waals surface area (Å²) in [5.41, 5.74) is 3.54. The Hall–Kier alpha value is -0.610. The summed E-state index contributed by atoms with van der Waals surface area (Å²) in [6, 6.07) is 6.02. The number of benzene rings is 1. The lowest BCUT2D eigenvalue weighted by Crippen LogP contribution is -2.07. The summed E-state index contributed by atoms with van der Waals surface area (Å²) in [6.45, 7) is 0. The molecule has 0 heterocycles. The first-order valence-electron chi connectivity index (χ1n) is 2.70. The topological polar surface area (TPSA) is 24.1 Å². The first-order chi connectivity index (χ1) is 4.83. The highest BCUT2D eigenvalue weighted by molar-refractivity contribution is 9.08. The van der Waals surface area contributed by atoms with Crippen LogP contribution in [0.25, 0.3) is 0 Å². The number of hydrogen-bond acceptors (Lipinski definition) is 2. The first kappa shape index (κ1) is 7.50. The van der Waals surface area contributed by atoms with Crippen molar-refractivity contribution in [1.29, 1.82) is 0 Å². The SMILES string of the molecule is Fc1ccc(NNBr)cc1. The Morgan fingerprint density at radius 3 is 2.30 bits per heavy atom. The second kappa shape index (κ2) is 3.53. The lowest BCUT2D eigenvalue weighted by atomic mass is 10.3. The fraction of sp³-hybridized carbons (Fsp3) is 0. The predicted octanol–water partition coefficient (Wildman–Crippen LogP) is 2.05. The zero-order valence-electron chi connectivity index (χ0n) is 5.07. The second-order valence-electron chi connectivity index (χ2n) is 1.73. The molecule has 1 rings (SSSR count). The van der Waals surface area contributed by atoms with E-state index in [2.05, 4.69) is 26.0 Å². The molecule has 0 aliphatic carbocycles. The minimum absolute atomic E-state index is 0.236. The molecule has 10 heavy (non-hydrogen) atoms. The minimum atomic E-state index is -0.236. The zero-order valence-corrected chi connectivity index (χ0v) is 6.65. The van der Waals surface area contributed by atoms with Crippen molar-refractivity contribution in [3.05, 3.63) is 30.1 Å². The fourth-order valence-electron chi connectivity index (χ4n) is 0.588. The van der Waals surface area contributed by atoms with Gasteiger partial charge in [-0.1, -0.05) is 0 Å². The van der Waals surface area contributed by atoms with E-state index in [1.165, 1.54) is 12.1 Å². The van der Waals surface area contributed by atoms with Crippen molar-refractivity contribution in [3.63, 3.8) is 0 Å². The molecule has 0 spiro atoms. The third kappa shape index (κ3) is 1.97. The Balaban J connectivity index is 2.69. The summed E-state index contributed by atoms with van der Waals surface area (Å²) < 4.78 is 14.8. The molecule has 4 heteroatoms. The van der Waals surface area contributed by atoms with Crippen LogP contribution in [-0.2, 0) is 0 Å². The predicted molar refractivity (Wildman–Crippen MR) is 42.1 cm³/mol. The van der Waals surface area contributed by atoms with Gasteiger partial charge in [-0.2, -0.15) is 4.45 Å². The Kier molecular flexibility index (Phi) is 2.65. The quantitative estimate of drug-likeness (QED) is 0.570. The molecule has 1 aromatic carbocycles. The molecule has 0 fully saturated rings. The molecule has 1 aromatic rings. The second-order valence-corrected chi connectivity index (χ2v) is 2.12. The summed E-state index contributed by atoms with van der Waals surface area (Å²) in [5.74, 6) is -0.236. The molecule has 0 radical (unpaired) electrons. The average molecular weight is 205 g/mol. The third-order valence-corrected chi connectivity index (χ3v) is 1.23. The fourth-order valence-corrected chi connectivity index (χ4v) is 0.817. The van der Waals surface area contributed by atoms with Gasteiger partial charge in [0.25, 0.3) is 0 Å². The van der Waals surface area contributed by atoms with E-state index in [1.807, 2.05) is 0 Å². The van der Waals surface area contributed by atoms with Gasteiger partial charge in [0.1, 0.15) is 5.82 Å². The van der Waals surface area contributed by atoms with E-state index < -0.39 is 0 Å². The maximum absolute atomic E-state index is 12.3. The molecule has 0 atom stereocenters. The van der Waals surface area contributed by atoms with Crippen LogP contribution in [0.5, 0.6) is 0 Å². The number of halogens is 2. The van der Waals surface area contributed by atoms with E-state index in [4.69, 9.17) is 0 Å². The number of hydrazine groups is 1. The summed E-state index contributed by atoms with van der Waals surface area (Å²) in [4.78, 5) is 0. The molecule has 0 saturated heterocycles. The van der Waals surface area contributed by atoms with Gasteiger partial charge in [-0.05, 0) is 24.3 Å². The zero-order chi connectivity index (χ0) is 7.40. The molecular weight excluding hydrogens is 199 g/mol. The van der Waals surface area contributed by atoms with Gasteiger partial charge in [0.2, 0.25) is 0 Å². The van der Waals surface area contributed by atoms with Crippen LogP contribution in [0.2, 0.25) is 0 Å². The number of hydrogen-bond donors (Lipinski definition) is 2. The van der Waals surface area contributed by atoms with E-state index >= 15 is 0 Å². The maximum atomic E-state index is 12.3. The molecule has 2 nitrogen and oxygen atoms in total. The van der Waals surface area contributed by atoms with Gasteiger partial charge in [0, 0.05) is 21.8 Å². The van der Waals surface area contributed by atoms with Crippen LogP contribution in [0.1, 0.15) is 0 Å². The molecule has 0 aromatic heterocycles. The van der Waals surface area contributed by atoms with Gasteiger partial charge in [0.05, 0.1) is 0 Å². The van der Waals surface area contributed by atoms with Gasteiger partial charge in [-0.15, -0.1) is 0 Å². The molecule has 0 bridgehead atoms. The molecule has 0 saturated carbocycles. The molecule has 2 N–H and O–H groups in total. The summed E-state index contributed by atoms with van der Waals surface area (Å²) in [7, 11) is 0. The molecule has 0 unspecified atom stereocenters. The lowest BCUT2D eigenvalue weighted by molar-refractivity contribution is 0.628. The van der Waals surface area contributed by atoms with Crippen molar-refractivity contribution >= 4 is 21.8 Å². The van der Waals surface area contributed by atoms with E-state index in [0.29, 0.717) is 0 Å². The van der Waals surface area contributed by atoms with Crippen LogP contribution < -0.4 is 9.88 Å². The van der Waals surface area contributed by atoms with Crippen LogP contribution >= 0.6 is 16.1 Å². The van der Waals surface area contributed by atoms with Crippen molar-refractivity contribution in [3.8, 4) is 0 Å². The van der Waals surface area contributed by atoms with Crippen LogP contribution in [0.3, 0.4) is 0 Å². The van der Waals surface area contributed by atoms with Crippen LogP contribution in [0.4, 0.5) is 10.1 Å². The monoisotopic (exact) mass is 204 g/mol. The van der Waals surface area contributed by atoms with Crippen molar-refractivity contribution < 1.29 is 4.39 Å². The summed E-state index contributed by atoms with van der Waals surface area (Å²) in [5, 5.41) is 0. The Morgan fingerprint density at radius 1 is 1.20 bits per heavy atom. The minimum Gasteiger partial charge on any atom is -0.312 e. The van der Waals surface area contributed by atoms with Crippen molar-refractivity contribution in [2.75, 3.05) is 5.43 Å². The standard InChI is InChI=1S/C6H6BrFN2/c7-10-9-6-3-1-5(8)2-4-6/h1-4,9-10H. The van der Waals surface area contributed by atoms with Crippen LogP contribution in [0.15, 0.2) is 24.3 Å². The van der Waals surface area contributed by atoms with Crippen molar-refractivity contribution in [2.45, 2.75) is 0 Å². The average Bonchev–Trinajstić information content (AvgIpc) is 1.95. The Bertz CT molecular complexity index is 199. The van der Waals surface area contributed by atoms with E-state index in [9.17, 15) is 4.39 Å². The molecule has 0 aliphatic heterocycles. The Morgan fingerprint density at radius 2 is 1.80 bits per heavy atom. The largest absolute Gasteiger partial charge is 0.312 e. The highest BCUT2D eigenvalue weighted by Crippen LogP contribution is 2.06. The number of rotatable bonds is 2. The van der Waals surface area contributed by atoms with Crippen molar-refractivity contribution in [1.82, 2.24) is 4.45 Å². The van der Waals surface area contributed by atoms with Gasteiger partial charge in [-0.3, -0.25) is 0 Å². The highest BCUT2D eigenvalue weighted by Gasteiger charge is 1.88. The first-order valence-corrected chi connectivity index (χ1v) is 3.49. The highest BCUT2D eigenvalue weighted by atomic mass is 79.9. The van der Waals surface area contributed by atoms with Crippen molar-refractivity contribution in [2.24, 2.45) is 0 Å². The lowest BCUT2D eigenvalue weighted by Gasteiger charge is -2.00. The van der Waals surface area contributed by atoms with Crippen LogP contribution in [0, 0.1) is 5.82 Å². The molecule has 0 amide bonds. The van der Waals surface area contributed by atoms with Gasteiger partial charge < -0.3 is 5.43 Å². The number of nitrogens with one attached hydrogen (secondary N) is 2. The van der Waals surface area contributed by atoms with Gasteiger partial charge in [0.15, 0.2) is 0 Å². The summed E-state index contributed by atoms with van der Waals surface area (Å²) in [6.07, 6.45) is 0.